The van der Waals surface area contributed by atoms with Crippen LogP contribution in [-0.4, -0.2) is 17.9 Å². The van der Waals surface area contributed by atoms with E-state index in [-0.39, 0.29) is 5.91 Å². The summed E-state index contributed by atoms with van der Waals surface area (Å²) in [7, 11) is 1.72. The molecule has 104 valence electrons. The normalized spacial score (nSPS) is 10.2. The van der Waals surface area contributed by atoms with Crippen LogP contribution in [0.15, 0.2) is 30.5 Å². The molecule has 0 saturated heterocycles. The smallest absolute Gasteiger partial charge is 0.255 e. The number of carbonyl (C=O) groups is 1. The molecule has 4 nitrogen and oxygen atoms in total. The largest absolute Gasteiger partial charge is 0.373 e. The first kappa shape index (κ1) is 14.9. The lowest BCUT2D eigenvalue weighted by atomic mass is 10.2. The maximum Gasteiger partial charge on any atom is 0.255 e. The van der Waals surface area contributed by atoms with E-state index in [1.807, 2.05) is 0 Å². The first-order chi connectivity index (χ1) is 9.51. The summed E-state index contributed by atoms with van der Waals surface area (Å²) < 4.78 is 0. The van der Waals surface area contributed by atoms with Crippen molar-refractivity contribution in [3.05, 3.63) is 51.1 Å². The molecule has 1 heterocycles. The van der Waals surface area contributed by atoms with Gasteiger partial charge in [0.2, 0.25) is 0 Å². The summed E-state index contributed by atoms with van der Waals surface area (Å²) in [6, 6.07) is 6.21. The van der Waals surface area contributed by atoms with Crippen LogP contribution in [0, 0.1) is 0 Å². The van der Waals surface area contributed by atoms with Gasteiger partial charge in [0.15, 0.2) is 0 Å². The minimum atomic E-state index is -0.316. The van der Waals surface area contributed by atoms with E-state index in [1.54, 1.807) is 19.2 Å². The van der Waals surface area contributed by atoms with E-state index >= 15 is 0 Å². The van der Waals surface area contributed by atoms with Crippen molar-refractivity contribution in [2.24, 2.45) is 0 Å². The minimum absolute atomic E-state index is 0.315. The minimum Gasteiger partial charge on any atom is -0.373 e. The lowest BCUT2D eigenvalue weighted by molar-refractivity contribution is 0.102. The molecule has 2 N–H and O–H groups in total. The van der Waals surface area contributed by atoms with Gasteiger partial charge in [-0.15, -0.1) is 0 Å². The Kier molecular flexibility index (Phi) is 4.70. The van der Waals surface area contributed by atoms with Gasteiger partial charge < -0.3 is 10.6 Å². The fourth-order valence-electron chi connectivity index (χ4n) is 1.52. The topological polar surface area (TPSA) is 54.0 Å². The standard InChI is InChI=1S/C13H10Cl3N3O/c1-17-12-4-7(2-3-18-12)13(20)19-11-6-9(15)8(14)5-10(11)16/h2-6H,1H3,(H,17,18)(H,19,20). The third kappa shape index (κ3) is 3.33. The first-order valence-electron chi connectivity index (χ1n) is 5.61. The van der Waals surface area contributed by atoms with Crippen LogP contribution < -0.4 is 10.6 Å². The molecule has 0 bridgehead atoms. The molecular formula is C13H10Cl3N3O. The van der Waals surface area contributed by atoms with Gasteiger partial charge in [-0.3, -0.25) is 4.79 Å². The number of amides is 1. The predicted octanol–water partition coefficient (Wildman–Crippen LogP) is 4.34. The van der Waals surface area contributed by atoms with Crippen molar-refractivity contribution in [1.82, 2.24) is 4.98 Å². The Morgan fingerprint density at radius 1 is 1.10 bits per heavy atom. The van der Waals surface area contributed by atoms with Crippen LogP contribution in [0.4, 0.5) is 11.5 Å². The summed E-state index contributed by atoms with van der Waals surface area (Å²) in [5.41, 5.74) is 0.848. The van der Waals surface area contributed by atoms with Crippen molar-refractivity contribution >= 4 is 52.2 Å². The summed E-state index contributed by atoms with van der Waals surface area (Å²) in [5.74, 6) is 0.280. The number of nitrogens with one attached hydrogen (secondary N) is 2. The highest BCUT2D eigenvalue weighted by Crippen LogP contribution is 2.32. The zero-order valence-electron chi connectivity index (χ0n) is 10.4. The summed E-state index contributed by atoms with van der Waals surface area (Å²) in [4.78, 5) is 16.2. The van der Waals surface area contributed by atoms with E-state index in [0.29, 0.717) is 32.1 Å². The molecule has 0 aliphatic carbocycles. The summed E-state index contributed by atoms with van der Waals surface area (Å²) >= 11 is 17.7. The number of halogens is 3. The molecule has 0 fully saturated rings. The molecule has 1 amide bonds. The van der Waals surface area contributed by atoms with Gasteiger partial charge in [0.1, 0.15) is 5.82 Å². The number of carbonyl (C=O) groups excluding carboxylic acids is 1. The van der Waals surface area contributed by atoms with Crippen LogP contribution >= 0.6 is 34.8 Å². The molecule has 0 unspecified atom stereocenters. The van der Waals surface area contributed by atoms with Crippen LogP contribution in [0.1, 0.15) is 10.4 Å². The molecule has 0 aliphatic rings. The van der Waals surface area contributed by atoms with Crippen LogP contribution in [-0.2, 0) is 0 Å². The second-order valence-electron chi connectivity index (χ2n) is 3.88. The Bertz CT molecular complexity index is 661. The van der Waals surface area contributed by atoms with Gasteiger partial charge >= 0.3 is 0 Å². The van der Waals surface area contributed by atoms with Crippen LogP contribution in [0.3, 0.4) is 0 Å². The number of rotatable bonds is 3. The van der Waals surface area contributed by atoms with Crippen LogP contribution in [0.2, 0.25) is 15.1 Å². The van der Waals surface area contributed by atoms with Gasteiger partial charge in [0.25, 0.3) is 5.91 Å². The van der Waals surface area contributed by atoms with E-state index in [1.165, 1.54) is 18.3 Å². The molecule has 1 aromatic carbocycles. The first-order valence-corrected chi connectivity index (χ1v) is 6.74. The average Bonchev–Trinajstić information content (AvgIpc) is 2.44. The number of aromatic nitrogens is 1. The predicted molar refractivity (Wildman–Crippen MR) is 83.2 cm³/mol. The summed E-state index contributed by atoms with van der Waals surface area (Å²) in [6.45, 7) is 0. The average molecular weight is 331 g/mol. The number of hydrogen-bond acceptors (Lipinski definition) is 3. The fraction of sp³-hybridized carbons (Fsp3) is 0.0769. The zero-order chi connectivity index (χ0) is 14.7. The third-order valence-electron chi connectivity index (χ3n) is 2.54. The van der Waals surface area contributed by atoms with Gasteiger partial charge in [-0.2, -0.15) is 0 Å². The van der Waals surface area contributed by atoms with E-state index in [4.69, 9.17) is 34.8 Å². The second kappa shape index (κ2) is 6.31. The SMILES string of the molecule is CNc1cc(C(=O)Nc2cc(Cl)c(Cl)cc2Cl)ccn1. The van der Waals surface area contributed by atoms with Crippen molar-refractivity contribution in [1.29, 1.82) is 0 Å². The molecule has 1 aromatic heterocycles. The van der Waals surface area contributed by atoms with E-state index in [9.17, 15) is 4.79 Å². The number of hydrogen-bond donors (Lipinski definition) is 2. The Labute approximate surface area is 131 Å². The number of nitrogens with zero attached hydrogens (tertiary/aromatic N) is 1. The number of benzene rings is 1. The highest BCUT2D eigenvalue weighted by atomic mass is 35.5. The Balaban J connectivity index is 2.25. The summed E-state index contributed by atoms with van der Waals surface area (Å²) in [6.07, 6.45) is 1.54. The third-order valence-corrected chi connectivity index (χ3v) is 3.57. The maximum atomic E-state index is 12.1. The number of anilines is 2. The molecule has 0 saturated carbocycles. The monoisotopic (exact) mass is 329 g/mol. The highest BCUT2D eigenvalue weighted by molar-refractivity contribution is 6.44. The Morgan fingerprint density at radius 2 is 1.80 bits per heavy atom. The Hall–Kier alpha value is -1.49. The highest BCUT2D eigenvalue weighted by Gasteiger charge is 2.11. The van der Waals surface area contributed by atoms with Gasteiger partial charge in [-0.1, -0.05) is 34.8 Å². The molecule has 2 aromatic rings. The van der Waals surface area contributed by atoms with Gasteiger partial charge in [0.05, 0.1) is 20.8 Å². The molecule has 0 atom stereocenters. The quantitative estimate of drug-likeness (QED) is 0.823. The molecule has 20 heavy (non-hydrogen) atoms. The molecular weight excluding hydrogens is 321 g/mol. The molecule has 0 aliphatic heterocycles. The number of pyridine rings is 1. The summed E-state index contributed by atoms with van der Waals surface area (Å²) in [5, 5.41) is 6.50. The van der Waals surface area contributed by atoms with Crippen molar-refractivity contribution in [2.75, 3.05) is 17.7 Å². The molecule has 0 radical (unpaired) electrons. The van der Waals surface area contributed by atoms with Crippen LogP contribution in [0.25, 0.3) is 0 Å². The lowest BCUT2D eigenvalue weighted by Gasteiger charge is -2.09. The fourth-order valence-corrected chi connectivity index (χ4v) is 2.12. The zero-order valence-corrected chi connectivity index (χ0v) is 12.6. The van der Waals surface area contributed by atoms with Crippen molar-refractivity contribution in [3.63, 3.8) is 0 Å². The lowest BCUT2D eigenvalue weighted by Crippen LogP contribution is -2.12. The molecule has 7 heteroatoms. The van der Waals surface area contributed by atoms with Gasteiger partial charge in [-0.25, -0.2) is 4.98 Å². The van der Waals surface area contributed by atoms with Crippen molar-refractivity contribution in [2.45, 2.75) is 0 Å². The van der Waals surface area contributed by atoms with Crippen molar-refractivity contribution in [3.8, 4) is 0 Å². The van der Waals surface area contributed by atoms with E-state index < -0.39 is 0 Å². The molecule has 0 spiro atoms. The maximum absolute atomic E-state index is 12.1. The van der Waals surface area contributed by atoms with Gasteiger partial charge in [0, 0.05) is 18.8 Å². The van der Waals surface area contributed by atoms with E-state index in [0.717, 1.165) is 0 Å². The second-order valence-corrected chi connectivity index (χ2v) is 5.10. The van der Waals surface area contributed by atoms with Crippen molar-refractivity contribution < 1.29 is 4.79 Å². The van der Waals surface area contributed by atoms with Gasteiger partial charge in [-0.05, 0) is 24.3 Å². The molecule has 2 rings (SSSR count). The van der Waals surface area contributed by atoms with E-state index in [2.05, 4.69) is 15.6 Å². The van der Waals surface area contributed by atoms with Crippen LogP contribution in [0.5, 0.6) is 0 Å². The Morgan fingerprint density at radius 3 is 2.50 bits per heavy atom.